The van der Waals surface area contributed by atoms with Gasteiger partial charge in [0.25, 0.3) is 0 Å². The summed E-state index contributed by atoms with van der Waals surface area (Å²) < 4.78 is 3.84. The van der Waals surface area contributed by atoms with E-state index in [2.05, 4.69) is 34.3 Å². The number of aliphatic hydroxyl groups excluding tert-OH is 1. The van der Waals surface area contributed by atoms with Crippen molar-refractivity contribution in [3.05, 3.63) is 35.4 Å². The van der Waals surface area contributed by atoms with Gasteiger partial charge in [-0.1, -0.05) is 0 Å². The maximum absolute atomic E-state index is 9.12. The Labute approximate surface area is 154 Å². The van der Waals surface area contributed by atoms with Crippen molar-refractivity contribution in [1.82, 2.24) is 24.5 Å². The molecule has 0 atom stereocenters. The molecule has 23 heavy (non-hydrogen) atoms. The van der Waals surface area contributed by atoms with Crippen LogP contribution in [0.3, 0.4) is 0 Å². The molecular formula is C16H26IN5O. The number of aryl methyl sites for hydroxylation is 2. The van der Waals surface area contributed by atoms with Crippen LogP contribution in [0.2, 0.25) is 0 Å². The molecule has 0 aliphatic carbocycles. The first-order valence-corrected chi connectivity index (χ1v) is 8.01. The van der Waals surface area contributed by atoms with Crippen LogP contribution in [-0.2, 0) is 20.1 Å². The normalized spacial score (nSPS) is 16.5. The summed E-state index contributed by atoms with van der Waals surface area (Å²) in [4.78, 5) is 2.48. The Morgan fingerprint density at radius 2 is 2.04 bits per heavy atom. The van der Waals surface area contributed by atoms with Gasteiger partial charge in [-0.15, -0.1) is 24.0 Å². The maximum atomic E-state index is 9.12. The average molecular weight is 431 g/mol. The third-order valence-corrected chi connectivity index (χ3v) is 4.55. The van der Waals surface area contributed by atoms with Crippen LogP contribution in [0.15, 0.2) is 18.5 Å². The first-order chi connectivity index (χ1) is 10.7. The topological polar surface area (TPSA) is 59.1 Å². The third kappa shape index (κ3) is 4.33. The summed E-state index contributed by atoms with van der Waals surface area (Å²) in [5, 5.41) is 18.0. The molecule has 1 aliphatic rings. The van der Waals surface area contributed by atoms with Gasteiger partial charge < -0.3 is 5.11 Å². The monoisotopic (exact) mass is 431 g/mol. The fraction of sp³-hybridized carbons (Fsp3) is 0.625. The van der Waals surface area contributed by atoms with Gasteiger partial charge in [-0.25, -0.2) is 0 Å². The quantitative estimate of drug-likeness (QED) is 0.736. The molecule has 1 N–H and O–H groups in total. The van der Waals surface area contributed by atoms with Crippen LogP contribution in [0.25, 0.3) is 0 Å². The highest BCUT2D eigenvalue weighted by Gasteiger charge is 2.23. The van der Waals surface area contributed by atoms with E-state index in [-0.39, 0.29) is 30.6 Å². The minimum Gasteiger partial charge on any atom is -0.394 e. The summed E-state index contributed by atoms with van der Waals surface area (Å²) in [7, 11) is 1.98. The SMILES string of the molecule is Cc1cn(C)nc1CN1CCC(c2ccnn2CCO)CC1.I. The number of hydrogen-bond acceptors (Lipinski definition) is 4. The zero-order valence-electron chi connectivity index (χ0n) is 13.9. The van der Waals surface area contributed by atoms with Crippen LogP contribution in [0.5, 0.6) is 0 Å². The van der Waals surface area contributed by atoms with Gasteiger partial charge in [-0.05, 0) is 44.5 Å². The zero-order valence-corrected chi connectivity index (χ0v) is 16.2. The molecule has 2 aromatic rings. The molecule has 0 bridgehead atoms. The van der Waals surface area contributed by atoms with Gasteiger partial charge in [-0.3, -0.25) is 14.3 Å². The van der Waals surface area contributed by atoms with Crippen molar-refractivity contribution in [3.63, 3.8) is 0 Å². The van der Waals surface area contributed by atoms with Crippen molar-refractivity contribution in [1.29, 1.82) is 0 Å². The van der Waals surface area contributed by atoms with E-state index in [1.807, 2.05) is 22.6 Å². The molecule has 0 aromatic carbocycles. The number of rotatable bonds is 5. The van der Waals surface area contributed by atoms with Crippen LogP contribution >= 0.6 is 24.0 Å². The molecule has 2 aromatic heterocycles. The van der Waals surface area contributed by atoms with Crippen molar-refractivity contribution in [2.45, 2.75) is 38.8 Å². The molecule has 6 nitrogen and oxygen atoms in total. The first kappa shape index (κ1) is 18.4. The Hall–Kier alpha value is -0.930. The van der Waals surface area contributed by atoms with Crippen molar-refractivity contribution in [2.75, 3.05) is 19.7 Å². The number of aromatic nitrogens is 4. The predicted molar refractivity (Wildman–Crippen MR) is 99.9 cm³/mol. The molecule has 0 amide bonds. The predicted octanol–water partition coefficient (Wildman–Crippen LogP) is 1.91. The average Bonchev–Trinajstić information content (AvgIpc) is 3.07. The standard InChI is InChI=1S/C16H25N5O.HI/c1-13-11-19(2)18-15(13)12-20-7-4-14(5-8-20)16-3-6-17-21(16)9-10-22;/h3,6,11,14,22H,4-5,7-10,12H2,1-2H3;1H. The van der Waals surface area contributed by atoms with Gasteiger partial charge in [0.1, 0.15) is 0 Å². The van der Waals surface area contributed by atoms with Gasteiger partial charge in [-0.2, -0.15) is 10.2 Å². The summed E-state index contributed by atoms with van der Waals surface area (Å²) in [6.45, 7) is 5.98. The van der Waals surface area contributed by atoms with Crippen molar-refractivity contribution < 1.29 is 5.11 Å². The summed E-state index contributed by atoms with van der Waals surface area (Å²) in [6.07, 6.45) is 6.20. The summed E-state index contributed by atoms with van der Waals surface area (Å²) in [6, 6.07) is 2.10. The first-order valence-electron chi connectivity index (χ1n) is 8.01. The molecule has 128 valence electrons. The number of halogens is 1. The lowest BCUT2D eigenvalue weighted by Gasteiger charge is -2.31. The third-order valence-electron chi connectivity index (χ3n) is 4.55. The van der Waals surface area contributed by atoms with Crippen LogP contribution in [0.4, 0.5) is 0 Å². The van der Waals surface area contributed by atoms with Gasteiger partial charge >= 0.3 is 0 Å². The van der Waals surface area contributed by atoms with Gasteiger partial charge in [0.15, 0.2) is 0 Å². The number of likely N-dealkylation sites (tertiary alicyclic amines) is 1. The van der Waals surface area contributed by atoms with E-state index in [1.54, 1.807) is 0 Å². The van der Waals surface area contributed by atoms with Crippen LogP contribution < -0.4 is 0 Å². The lowest BCUT2D eigenvalue weighted by Crippen LogP contribution is -2.33. The summed E-state index contributed by atoms with van der Waals surface area (Å²) in [5.74, 6) is 0.551. The van der Waals surface area contributed by atoms with E-state index in [9.17, 15) is 0 Å². The minimum atomic E-state index is 0. The van der Waals surface area contributed by atoms with Crippen LogP contribution in [0, 0.1) is 6.92 Å². The molecule has 1 saturated heterocycles. The Balaban J connectivity index is 0.00000192. The molecule has 0 spiro atoms. The van der Waals surface area contributed by atoms with Gasteiger partial charge in [0, 0.05) is 37.6 Å². The molecule has 3 heterocycles. The Kier molecular flexibility index (Phi) is 6.60. The largest absolute Gasteiger partial charge is 0.394 e. The molecule has 0 unspecified atom stereocenters. The Morgan fingerprint density at radius 1 is 1.30 bits per heavy atom. The Bertz CT molecular complexity index is 616. The van der Waals surface area contributed by atoms with E-state index in [0.29, 0.717) is 12.5 Å². The van der Waals surface area contributed by atoms with Crippen molar-refractivity contribution >= 4 is 24.0 Å². The fourth-order valence-corrected chi connectivity index (χ4v) is 3.38. The Morgan fingerprint density at radius 3 is 2.65 bits per heavy atom. The highest BCUT2D eigenvalue weighted by Crippen LogP contribution is 2.28. The highest BCUT2D eigenvalue weighted by molar-refractivity contribution is 14.0. The molecule has 0 radical (unpaired) electrons. The fourth-order valence-electron chi connectivity index (χ4n) is 3.38. The maximum Gasteiger partial charge on any atom is 0.0793 e. The van der Waals surface area contributed by atoms with E-state index in [4.69, 9.17) is 5.11 Å². The lowest BCUT2D eigenvalue weighted by atomic mass is 9.93. The van der Waals surface area contributed by atoms with Crippen LogP contribution in [0.1, 0.15) is 35.7 Å². The number of piperidine rings is 1. The second-order valence-corrected chi connectivity index (χ2v) is 6.19. The van der Waals surface area contributed by atoms with Crippen molar-refractivity contribution in [3.8, 4) is 0 Å². The second-order valence-electron chi connectivity index (χ2n) is 6.19. The minimum absolute atomic E-state index is 0. The number of hydrogen-bond donors (Lipinski definition) is 1. The molecule has 7 heteroatoms. The molecule has 3 rings (SSSR count). The summed E-state index contributed by atoms with van der Waals surface area (Å²) in [5.41, 5.74) is 3.72. The second kappa shape index (κ2) is 8.25. The van der Waals surface area contributed by atoms with E-state index >= 15 is 0 Å². The number of aliphatic hydroxyl groups is 1. The van der Waals surface area contributed by atoms with Gasteiger partial charge in [0.2, 0.25) is 0 Å². The van der Waals surface area contributed by atoms with Crippen molar-refractivity contribution in [2.24, 2.45) is 7.05 Å². The molecule has 1 fully saturated rings. The molecule has 0 saturated carbocycles. The van der Waals surface area contributed by atoms with E-state index in [1.165, 1.54) is 17.0 Å². The molecular weight excluding hydrogens is 405 g/mol. The van der Waals surface area contributed by atoms with Gasteiger partial charge in [0.05, 0.1) is 18.8 Å². The number of nitrogens with zero attached hydrogens (tertiary/aromatic N) is 5. The van der Waals surface area contributed by atoms with Crippen LogP contribution in [-0.4, -0.2) is 49.3 Å². The van der Waals surface area contributed by atoms with E-state index in [0.717, 1.165) is 32.5 Å². The van der Waals surface area contributed by atoms with E-state index < -0.39 is 0 Å². The molecule has 1 aliphatic heterocycles. The zero-order chi connectivity index (χ0) is 15.5. The highest BCUT2D eigenvalue weighted by atomic mass is 127. The summed E-state index contributed by atoms with van der Waals surface area (Å²) >= 11 is 0. The lowest BCUT2D eigenvalue weighted by molar-refractivity contribution is 0.196. The smallest absolute Gasteiger partial charge is 0.0793 e.